The Bertz CT molecular complexity index is 824. The molecule has 0 radical (unpaired) electrons. The van der Waals surface area contributed by atoms with Crippen LogP contribution in [-0.4, -0.2) is 37.4 Å². The highest BCUT2D eigenvalue weighted by molar-refractivity contribution is 6.31. The maximum Gasteiger partial charge on any atom is 0.329 e. The average molecular weight is 451 g/mol. The zero-order chi connectivity index (χ0) is 22.6. The summed E-state index contributed by atoms with van der Waals surface area (Å²) in [7, 11) is 1.34. The van der Waals surface area contributed by atoms with Crippen LogP contribution in [-0.2, 0) is 9.53 Å². The zero-order valence-corrected chi connectivity index (χ0v) is 18.3. The van der Waals surface area contributed by atoms with Gasteiger partial charge < -0.3 is 15.2 Å². The smallest absolute Gasteiger partial charge is 0.329 e. The lowest BCUT2D eigenvalue weighted by atomic mass is 9.89. The Labute approximate surface area is 187 Å². The summed E-state index contributed by atoms with van der Waals surface area (Å²) in [5.41, 5.74) is 1.09. The van der Waals surface area contributed by atoms with Crippen molar-refractivity contribution in [3.8, 4) is 0 Å². The molecule has 6 nitrogen and oxygen atoms in total. The van der Waals surface area contributed by atoms with Crippen LogP contribution in [0.4, 0.5) is 20.6 Å². The van der Waals surface area contributed by atoms with E-state index in [4.69, 9.17) is 16.7 Å². The first-order chi connectivity index (χ1) is 14.9. The standard InChI is InChI=1S/C20H22ClFN2O.C3H6O3/c21-16-11-17(22)13-19(12-16)24(18-9-5-2-6-10-18)20(25)23-14-15-7-3-1-4-8-15;1-6-2-3(4)5/h2,5-6,9-13,15H,1,3-4,7-8,14H2,(H,23,25);2H2,1H3,(H,4,5). The van der Waals surface area contributed by atoms with Gasteiger partial charge in [0.05, 0.1) is 11.4 Å². The fourth-order valence-corrected chi connectivity index (χ4v) is 3.67. The third-order valence-corrected chi connectivity index (χ3v) is 5.08. The number of nitrogens with one attached hydrogen (secondary N) is 1. The zero-order valence-electron chi connectivity index (χ0n) is 17.5. The molecular formula is C23H28ClFN2O4. The number of urea groups is 1. The lowest BCUT2D eigenvalue weighted by Crippen LogP contribution is -2.39. The molecule has 2 aromatic rings. The first-order valence-electron chi connectivity index (χ1n) is 10.2. The molecular weight excluding hydrogens is 423 g/mol. The molecule has 0 bridgehead atoms. The summed E-state index contributed by atoms with van der Waals surface area (Å²) in [6.07, 6.45) is 6.03. The molecule has 0 unspecified atom stereocenters. The van der Waals surface area contributed by atoms with Crippen molar-refractivity contribution in [2.24, 2.45) is 5.92 Å². The van der Waals surface area contributed by atoms with E-state index in [-0.39, 0.29) is 17.7 Å². The van der Waals surface area contributed by atoms with Crippen molar-refractivity contribution in [3.05, 3.63) is 59.4 Å². The van der Waals surface area contributed by atoms with Crippen LogP contribution in [0.15, 0.2) is 48.5 Å². The van der Waals surface area contributed by atoms with Gasteiger partial charge in [-0.15, -0.1) is 0 Å². The van der Waals surface area contributed by atoms with Gasteiger partial charge >= 0.3 is 12.0 Å². The van der Waals surface area contributed by atoms with E-state index in [0.29, 0.717) is 23.8 Å². The molecule has 0 heterocycles. The molecule has 1 fully saturated rings. The maximum atomic E-state index is 13.8. The van der Waals surface area contributed by atoms with Crippen LogP contribution in [0.2, 0.25) is 5.02 Å². The second-order valence-electron chi connectivity index (χ2n) is 7.32. The van der Waals surface area contributed by atoms with E-state index in [9.17, 15) is 14.0 Å². The van der Waals surface area contributed by atoms with Gasteiger partial charge in [-0.3, -0.25) is 4.90 Å². The largest absolute Gasteiger partial charge is 0.480 e. The third-order valence-electron chi connectivity index (χ3n) is 4.86. The molecule has 8 heteroatoms. The fourth-order valence-electron chi connectivity index (χ4n) is 3.45. The van der Waals surface area contributed by atoms with Crippen molar-refractivity contribution in [2.75, 3.05) is 25.2 Å². The Balaban J connectivity index is 0.000000501. The highest BCUT2D eigenvalue weighted by atomic mass is 35.5. The van der Waals surface area contributed by atoms with Crippen LogP contribution in [0.25, 0.3) is 0 Å². The summed E-state index contributed by atoms with van der Waals surface area (Å²) in [6.45, 7) is 0.436. The number of hydrogen-bond acceptors (Lipinski definition) is 3. The average Bonchev–Trinajstić information content (AvgIpc) is 2.74. The summed E-state index contributed by atoms with van der Waals surface area (Å²) in [6, 6.07) is 13.1. The molecule has 0 atom stereocenters. The number of rotatable bonds is 6. The molecule has 0 saturated heterocycles. The van der Waals surface area contributed by atoms with Crippen LogP contribution in [0.1, 0.15) is 32.1 Å². The van der Waals surface area contributed by atoms with Gasteiger partial charge in [0.15, 0.2) is 0 Å². The number of aliphatic carboxylic acids is 1. The molecule has 0 aromatic heterocycles. The van der Waals surface area contributed by atoms with E-state index in [1.807, 2.05) is 30.3 Å². The molecule has 1 aliphatic carbocycles. The van der Waals surface area contributed by atoms with Crippen LogP contribution >= 0.6 is 11.6 Å². The van der Waals surface area contributed by atoms with E-state index in [1.54, 1.807) is 6.07 Å². The molecule has 2 aromatic carbocycles. The Morgan fingerprint density at radius 3 is 2.35 bits per heavy atom. The van der Waals surface area contributed by atoms with Gasteiger partial charge in [0.1, 0.15) is 12.4 Å². The summed E-state index contributed by atoms with van der Waals surface area (Å²) < 4.78 is 18.0. The molecule has 0 spiro atoms. The summed E-state index contributed by atoms with van der Waals surface area (Å²) in [4.78, 5) is 23.8. The molecule has 0 aliphatic heterocycles. The van der Waals surface area contributed by atoms with Crippen LogP contribution in [0.5, 0.6) is 0 Å². The number of halogens is 2. The number of nitrogens with zero attached hydrogens (tertiary/aromatic N) is 1. The third kappa shape index (κ3) is 8.55. The monoisotopic (exact) mass is 450 g/mol. The number of ether oxygens (including phenoxy) is 1. The molecule has 2 amide bonds. The lowest BCUT2D eigenvalue weighted by molar-refractivity contribution is -0.141. The molecule has 31 heavy (non-hydrogen) atoms. The second kappa shape index (κ2) is 12.9. The van der Waals surface area contributed by atoms with E-state index < -0.39 is 11.8 Å². The molecule has 1 aliphatic rings. The van der Waals surface area contributed by atoms with Gasteiger partial charge in [-0.05, 0) is 49.1 Å². The van der Waals surface area contributed by atoms with Crippen molar-refractivity contribution < 1.29 is 23.8 Å². The summed E-state index contributed by atoms with van der Waals surface area (Å²) >= 11 is 5.99. The van der Waals surface area contributed by atoms with Crippen molar-refractivity contribution in [3.63, 3.8) is 0 Å². The van der Waals surface area contributed by atoms with Crippen molar-refractivity contribution in [1.82, 2.24) is 5.32 Å². The van der Waals surface area contributed by atoms with Crippen LogP contribution < -0.4 is 10.2 Å². The number of carbonyl (C=O) groups excluding carboxylic acids is 1. The second-order valence-corrected chi connectivity index (χ2v) is 7.75. The van der Waals surface area contributed by atoms with Gasteiger partial charge in [-0.25, -0.2) is 14.0 Å². The Hall–Kier alpha value is -2.64. The molecule has 2 N–H and O–H groups in total. The van der Waals surface area contributed by atoms with E-state index in [0.717, 1.165) is 12.8 Å². The van der Waals surface area contributed by atoms with E-state index in [2.05, 4.69) is 10.1 Å². The minimum absolute atomic E-state index is 0.208. The van der Waals surface area contributed by atoms with Crippen molar-refractivity contribution >= 4 is 35.0 Å². The minimum atomic E-state index is -0.933. The number of benzene rings is 2. The number of carboxylic acid groups (broad SMARTS) is 1. The quantitative estimate of drug-likeness (QED) is 0.598. The van der Waals surface area contributed by atoms with Gasteiger partial charge in [-0.1, -0.05) is 49.1 Å². The Morgan fingerprint density at radius 1 is 1.13 bits per heavy atom. The topological polar surface area (TPSA) is 78.9 Å². The Kier molecular flexibility index (Phi) is 10.3. The molecule has 1 saturated carbocycles. The SMILES string of the molecule is COCC(=O)O.O=C(NCC1CCCCC1)N(c1ccccc1)c1cc(F)cc(Cl)c1. The first kappa shape index (κ1) is 24.6. The van der Waals surface area contributed by atoms with Crippen molar-refractivity contribution in [2.45, 2.75) is 32.1 Å². The maximum absolute atomic E-state index is 13.8. The normalized spacial score (nSPS) is 13.6. The van der Waals surface area contributed by atoms with Gasteiger partial charge in [0.25, 0.3) is 0 Å². The van der Waals surface area contributed by atoms with Gasteiger partial charge in [0, 0.05) is 18.7 Å². The number of para-hydroxylation sites is 1. The highest BCUT2D eigenvalue weighted by Crippen LogP contribution is 2.29. The van der Waals surface area contributed by atoms with Crippen molar-refractivity contribution in [1.29, 1.82) is 0 Å². The van der Waals surface area contributed by atoms with E-state index in [1.165, 1.54) is 43.4 Å². The van der Waals surface area contributed by atoms with Gasteiger partial charge in [-0.2, -0.15) is 0 Å². The number of carbonyl (C=O) groups is 2. The lowest BCUT2D eigenvalue weighted by Gasteiger charge is -2.26. The number of anilines is 2. The number of hydrogen-bond donors (Lipinski definition) is 2. The highest BCUT2D eigenvalue weighted by Gasteiger charge is 2.21. The number of carboxylic acids is 1. The summed E-state index contributed by atoms with van der Waals surface area (Å²) in [5, 5.41) is 11.1. The predicted octanol–water partition coefficient (Wildman–Crippen LogP) is 5.62. The van der Waals surface area contributed by atoms with Crippen LogP contribution in [0.3, 0.4) is 0 Å². The van der Waals surface area contributed by atoms with Crippen LogP contribution in [0, 0.1) is 11.7 Å². The van der Waals surface area contributed by atoms with E-state index >= 15 is 0 Å². The Morgan fingerprint density at radius 2 is 1.81 bits per heavy atom. The summed E-state index contributed by atoms with van der Waals surface area (Å²) in [5.74, 6) is -0.882. The number of methoxy groups -OCH3 is 1. The molecule has 168 valence electrons. The predicted molar refractivity (Wildman–Crippen MR) is 119 cm³/mol. The number of amides is 2. The van der Waals surface area contributed by atoms with Gasteiger partial charge in [0.2, 0.25) is 0 Å². The minimum Gasteiger partial charge on any atom is -0.480 e. The first-order valence-corrected chi connectivity index (χ1v) is 10.6. The fraction of sp³-hybridized carbons (Fsp3) is 0.391. The molecule has 3 rings (SSSR count).